The molecule has 0 aliphatic heterocycles. The van der Waals surface area contributed by atoms with Gasteiger partial charge in [-0.15, -0.1) is 0 Å². The predicted octanol–water partition coefficient (Wildman–Crippen LogP) is -5.80. The van der Waals surface area contributed by atoms with Gasteiger partial charge in [0.05, 0.1) is 0 Å². The van der Waals surface area contributed by atoms with Gasteiger partial charge in [-0.3, -0.25) is 9.59 Å². The quantitative estimate of drug-likeness (QED) is 0.329. The minimum Gasteiger partial charge on any atom is -1.00 e. The summed E-state index contributed by atoms with van der Waals surface area (Å²) in [6.07, 6.45) is 0. The average Bonchev–Trinajstić information content (AvgIpc) is 1.89. The molecule has 0 aliphatic rings. The molecule has 0 aromatic rings. The molecule has 13 heavy (non-hydrogen) atoms. The fourth-order valence-electron chi connectivity index (χ4n) is 0. The van der Waals surface area contributed by atoms with Gasteiger partial charge in [0.25, 0.3) is 0 Å². The van der Waals surface area contributed by atoms with Gasteiger partial charge in [0.1, 0.15) is 12.1 Å². The second-order valence-electron chi connectivity index (χ2n) is 1.34. The third-order valence-electron chi connectivity index (χ3n) is 0.315. The van der Waals surface area contributed by atoms with Crippen LogP contribution in [0.1, 0.15) is 13.8 Å². The Labute approximate surface area is 103 Å². The molecule has 0 aliphatic carbocycles. The Hall–Kier alpha value is -0.438. The summed E-state index contributed by atoms with van der Waals surface area (Å²) in [6, 6.07) is 2.78. The monoisotopic (exact) mass is 314 g/mol. The number of carbonyl (C=O) groups is 2. The SMILES string of the molecule is CC(=O)C#N.CC(=O)C#N.[Cl-].[Cl-].[Pd+2]. The van der Waals surface area contributed by atoms with Gasteiger partial charge in [-0.2, -0.15) is 10.5 Å². The topological polar surface area (TPSA) is 81.7 Å². The van der Waals surface area contributed by atoms with Crippen molar-refractivity contribution in [2.45, 2.75) is 13.8 Å². The van der Waals surface area contributed by atoms with E-state index in [4.69, 9.17) is 10.5 Å². The molecule has 0 unspecified atom stereocenters. The van der Waals surface area contributed by atoms with Crippen LogP contribution in [0.5, 0.6) is 0 Å². The van der Waals surface area contributed by atoms with Crippen LogP contribution in [0.2, 0.25) is 0 Å². The zero-order valence-corrected chi connectivity index (χ0v) is 9.85. The van der Waals surface area contributed by atoms with E-state index < -0.39 is 11.6 Å². The number of halogens is 2. The van der Waals surface area contributed by atoms with Crippen LogP contribution in [0, 0.1) is 22.7 Å². The van der Waals surface area contributed by atoms with E-state index in [-0.39, 0.29) is 45.2 Å². The maximum Gasteiger partial charge on any atom is 2.00 e. The summed E-state index contributed by atoms with van der Waals surface area (Å²) in [7, 11) is 0. The second kappa shape index (κ2) is 22.6. The summed E-state index contributed by atoms with van der Waals surface area (Å²) < 4.78 is 0. The Balaban J connectivity index is -0.0000000267. The molecule has 7 heteroatoms. The van der Waals surface area contributed by atoms with Crippen LogP contribution in [-0.4, -0.2) is 11.6 Å². The molecule has 0 saturated heterocycles. The molecule has 0 bridgehead atoms. The number of rotatable bonds is 0. The van der Waals surface area contributed by atoms with Gasteiger partial charge in [0, 0.05) is 13.8 Å². The Morgan fingerprint density at radius 1 is 0.923 bits per heavy atom. The molecule has 0 rings (SSSR count). The van der Waals surface area contributed by atoms with Gasteiger partial charge < -0.3 is 24.8 Å². The summed E-state index contributed by atoms with van der Waals surface area (Å²) in [6.45, 7) is 2.44. The number of carbonyl (C=O) groups excluding carboxylic acids is 2. The summed E-state index contributed by atoms with van der Waals surface area (Å²) in [4.78, 5) is 18.9. The van der Waals surface area contributed by atoms with Crippen LogP contribution < -0.4 is 24.8 Å². The molecule has 76 valence electrons. The molecule has 0 aromatic carbocycles. The molecule has 0 heterocycles. The minimum atomic E-state index is -0.440. The van der Waals surface area contributed by atoms with Crippen molar-refractivity contribution in [1.29, 1.82) is 10.5 Å². The first-order valence-corrected chi connectivity index (χ1v) is 2.36. The fourth-order valence-corrected chi connectivity index (χ4v) is 0. The Kier molecular flexibility index (Phi) is 51.0. The van der Waals surface area contributed by atoms with E-state index in [1.54, 1.807) is 0 Å². The van der Waals surface area contributed by atoms with E-state index in [9.17, 15) is 9.59 Å². The molecule has 0 N–H and O–H groups in total. The van der Waals surface area contributed by atoms with Crippen LogP contribution in [0.25, 0.3) is 0 Å². The Morgan fingerprint density at radius 2 is 1.00 bits per heavy atom. The zero-order chi connectivity index (χ0) is 8.57. The van der Waals surface area contributed by atoms with Crippen LogP contribution in [-0.2, 0) is 30.0 Å². The van der Waals surface area contributed by atoms with Crippen molar-refractivity contribution in [3.63, 3.8) is 0 Å². The van der Waals surface area contributed by atoms with E-state index >= 15 is 0 Å². The van der Waals surface area contributed by atoms with Crippen molar-refractivity contribution in [2.24, 2.45) is 0 Å². The molecule has 0 amide bonds. The molecule has 0 radical (unpaired) electrons. The van der Waals surface area contributed by atoms with Gasteiger partial charge in [-0.1, -0.05) is 0 Å². The zero-order valence-electron chi connectivity index (χ0n) is 6.78. The number of nitrogens with zero attached hydrogens (tertiary/aromatic N) is 2. The van der Waals surface area contributed by atoms with Crippen molar-refractivity contribution in [3.05, 3.63) is 0 Å². The molecular weight excluding hydrogens is 309 g/mol. The number of hydrogen-bond donors (Lipinski definition) is 0. The van der Waals surface area contributed by atoms with Crippen LogP contribution in [0.15, 0.2) is 0 Å². The van der Waals surface area contributed by atoms with E-state index in [1.165, 1.54) is 26.0 Å². The molecule has 0 atom stereocenters. The summed E-state index contributed by atoms with van der Waals surface area (Å²) in [5.41, 5.74) is 0. The van der Waals surface area contributed by atoms with Crippen LogP contribution in [0.3, 0.4) is 0 Å². The molecular formula is C6H6Cl2N2O2Pd. The Morgan fingerprint density at radius 3 is 1.00 bits per heavy atom. The molecule has 0 fully saturated rings. The van der Waals surface area contributed by atoms with Crippen LogP contribution in [0.4, 0.5) is 0 Å². The summed E-state index contributed by atoms with van der Waals surface area (Å²) in [5.74, 6) is -0.880. The minimum absolute atomic E-state index is 0. The van der Waals surface area contributed by atoms with E-state index in [1.807, 2.05) is 0 Å². The van der Waals surface area contributed by atoms with Crippen molar-refractivity contribution >= 4 is 11.6 Å². The third kappa shape index (κ3) is 83.3. The maximum absolute atomic E-state index is 9.45. The maximum atomic E-state index is 9.45. The van der Waals surface area contributed by atoms with Gasteiger partial charge >= 0.3 is 20.4 Å². The third-order valence-corrected chi connectivity index (χ3v) is 0.315. The Bertz CT molecular complexity index is 196. The van der Waals surface area contributed by atoms with E-state index in [0.29, 0.717) is 0 Å². The second-order valence-corrected chi connectivity index (χ2v) is 1.34. The van der Waals surface area contributed by atoms with Gasteiger partial charge in [-0.25, -0.2) is 0 Å². The standard InChI is InChI=1S/2C3H3NO.2ClH.Pd/c2*1-3(5)2-4;;;/h2*1H3;2*1H;/q;;;;+2/p-2. The first-order valence-electron chi connectivity index (χ1n) is 2.36. The van der Waals surface area contributed by atoms with E-state index in [2.05, 4.69) is 0 Å². The van der Waals surface area contributed by atoms with E-state index in [0.717, 1.165) is 0 Å². The predicted molar refractivity (Wildman–Crippen MR) is 32.6 cm³/mol. The molecule has 0 aromatic heterocycles. The first-order chi connectivity index (χ1) is 4.54. The number of ketones is 2. The number of Topliss-reactive ketones (excluding diaryl/α,β-unsaturated/α-hetero) is 2. The number of hydrogen-bond acceptors (Lipinski definition) is 4. The smallest absolute Gasteiger partial charge is 1.00 e. The van der Waals surface area contributed by atoms with Crippen molar-refractivity contribution in [1.82, 2.24) is 0 Å². The molecule has 0 saturated carbocycles. The van der Waals surface area contributed by atoms with Crippen molar-refractivity contribution < 1.29 is 54.8 Å². The fraction of sp³-hybridized carbons (Fsp3) is 0.333. The van der Waals surface area contributed by atoms with Gasteiger partial charge in [-0.05, 0) is 0 Å². The van der Waals surface area contributed by atoms with Crippen LogP contribution >= 0.6 is 0 Å². The van der Waals surface area contributed by atoms with Crippen molar-refractivity contribution in [2.75, 3.05) is 0 Å². The largest absolute Gasteiger partial charge is 2.00 e. The average molecular weight is 315 g/mol. The summed E-state index contributed by atoms with van der Waals surface area (Å²) in [5, 5.41) is 15.1. The normalized spacial score (nSPS) is 4.31. The van der Waals surface area contributed by atoms with Crippen molar-refractivity contribution in [3.8, 4) is 12.1 Å². The molecule has 4 nitrogen and oxygen atoms in total. The summed E-state index contributed by atoms with van der Waals surface area (Å²) >= 11 is 0. The number of nitriles is 2. The van der Waals surface area contributed by atoms with Gasteiger partial charge in [0.15, 0.2) is 0 Å². The molecule has 0 spiro atoms. The first kappa shape index (κ1) is 29.4. The van der Waals surface area contributed by atoms with Gasteiger partial charge in [0.2, 0.25) is 11.6 Å².